The Kier molecular flexibility index (Phi) is 2.39. The smallest absolute Gasteiger partial charge is 0.104 e. The summed E-state index contributed by atoms with van der Waals surface area (Å²) >= 11 is 0. The Balaban J connectivity index is 2.97. The predicted molar refractivity (Wildman–Crippen MR) is 54.1 cm³/mol. The molecule has 1 aromatic rings. The minimum absolute atomic E-state index is 1.21. The molecule has 1 heterocycles. The van der Waals surface area contributed by atoms with E-state index in [-0.39, 0.29) is 0 Å². The van der Waals surface area contributed by atoms with Crippen LogP contribution in [0.4, 0.5) is 0 Å². The molecule has 2 nitrogen and oxygen atoms in total. The lowest BCUT2D eigenvalue weighted by Crippen LogP contribution is -2.38. The lowest BCUT2D eigenvalue weighted by atomic mass is 10.7. The van der Waals surface area contributed by atoms with Crippen LogP contribution in [0, 0.1) is 12.0 Å². The van der Waals surface area contributed by atoms with E-state index >= 15 is 0 Å². The van der Waals surface area contributed by atoms with Gasteiger partial charge in [0.1, 0.15) is 8.07 Å². The molecular weight excluding hydrogens is 164 g/mol. The van der Waals surface area contributed by atoms with Crippen molar-refractivity contribution in [2.45, 2.75) is 26.6 Å². The number of aromatic nitrogens is 2. The molecule has 0 radical (unpaired) electrons. The van der Waals surface area contributed by atoms with E-state index in [0.717, 1.165) is 0 Å². The van der Waals surface area contributed by atoms with Crippen molar-refractivity contribution >= 4 is 13.4 Å². The lowest BCUT2D eigenvalue weighted by molar-refractivity contribution is 0.927. The summed E-state index contributed by atoms with van der Waals surface area (Å²) in [6, 6.07) is 4.94. The van der Waals surface area contributed by atoms with Gasteiger partial charge in [-0.3, -0.25) is 0 Å². The van der Waals surface area contributed by atoms with Crippen molar-refractivity contribution in [3.05, 3.63) is 12.3 Å². The van der Waals surface area contributed by atoms with Gasteiger partial charge < -0.3 is 0 Å². The molecule has 0 amide bonds. The molecule has 0 N–H and O–H groups in total. The number of hydrogen-bond acceptors (Lipinski definition) is 1. The van der Waals surface area contributed by atoms with Crippen molar-refractivity contribution in [2.75, 3.05) is 0 Å². The normalized spacial score (nSPS) is 10.7. The molecule has 0 atom stereocenters. The second-order valence-electron chi connectivity index (χ2n) is 3.76. The van der Waals surface area contributed by atoms with Gasteiger partial charge in [-0.2, -0.15) is 9.78 Å². The Morgan fingerprint density at radius 1 is 1.42 bits per heavy atom. The van der Waals surface area contributed by atoms with Crippen LogP contribution in [0.2, 0.25) is 19.6 Å². The highest BCUT2D eigenvalue weighted by molar-refractivity contribution is 6.88. The first-order valence-corrected chi connectivity index (χ1v) is 7.53. The summed E-state index contributed by atoms with van der Waals surface area (Å²) in [4.78, 5) is 0. The molecule has 64 valence electrons. The molecule has 0 saturated carbocycles. The molecule has 0 unspecified atom stereocenters. The fraction of sp³-hybridized carbons (Fsp3) is 0.444. The quantitative estimate of drug-likeness (QED) is 0.467. The number of hydrogen-bond donors (Lipinski definition) is 0. The zero-order valence-electron chi connectivity index (χ0n) is 8.05. The fourth-order valence-electron chi connectivity index (χ4n) is 0.901. The largest absolute Gasteiger partial charge is 0.197 e. The summed E-state index contributed by atoms with van der Waals surface area (Å²) in [6.45, 7) is 8.65. The van der Waals surface area contributed by atoms with Gasteiger partial charge in [0, 0.05) is 17.6 Å². The minimum atomic E-state index is -1.24. The van der Waals surface area contributed by atoms with Gasteiger partial charge in [-0.05, 0) is 13.0 Å². The van der Waals surface area contributed by atoms with Crippen molar-refractivity contribution in [1.82, 2.24) is 9.78 Å². The van der Waals surface area contributed by atoms with Crippen LogP contribution in [-0.2, 0) is 0 Å². The Morgan fingerprint density at radius 3 is 2.50 bits per heavy atom. The molecule has 0 fully saturated rings. The van der Waals surface area contributed by atoms with Crippen LogP contribution < -0.4 is 5.32 Å². The van der Waals surface area contributed by atoms with E-state index in [4.69, 9.17) is 0 Å². The molecule has 12 heavy (non-hydrogen) atoms. The third-order valence-corrected chi connectivity index (χ3v) is 3.39. The van der Waals surface area contributed by atoms with E-state index in [1.54, 1.807) is 4.68 Å². The standard InChI is InChI=1S/C9H14N2Si/c1-5-7-11-8-6-9(10-11)12(2,3)4/h6,8H,1-4H3. The van der Waals surface area contributed by atoms with Crippen LogP contribution in [0.1, 0.15) is 6.92 Å². The molecule has 0 saturated heterocycles. The molecule has 0 bridgehead atoms. The van der Waals surface area contributed by atoms with Crippen LogP contribution >= 0.6 is 0 Å². The van der Waals surface area contributed by atoms with Gasteiger partial charge in [-0.25, -0.2) is 0 Å². The van der Waals surface area contributed by atoms with Crippen molar-refractivity contribution in [3.63, 3.8) is 0 Å². The highest BCUT2D eigenvalue weighted by Gasteiger charge is 2.18. The van der Waals surface area contributed by atoms with Crippen LogP contribution in [-0.4, -0.2) is 17.9 Å². The Morgan fingerprint density at radius 2 is 2.08 bits per heavy atom. The SMILES string of the molecule is CC#Cn1ccc([Si](C)(C)C)n1. The van der Waals surface area contributed by atoms with Gasteiger partial charge >= 0.3 is 0 Å². The van der Waals surface area contributed by atoms with E-state index in [1.807, 2.05) is 13.1 Å². The first-order valence-electron chi connectivity index (χ1n) is 4.03. The van der Waals surface area contributed by atoms with Crippen LogP contribution in [0.5, 0.6) is 0 Å². The minimum Gasteiger partial charge on any atom is -0.197 e. The van der Waals surface area contributed by atoms with Gasteiger partial charge in [0.15, 0.2) is 0 Å². The van der Waals surface area contributed by atoms with Crippen LogP contribution in [0.3, 0.4) is 0 Å². The highest BCUT2D eigenvalue weighted by atomic mass is 28.3. The summed E-state index contributed by atoms with van der Waals surface area (Å²) in [6.07, 6.45) is 1.92. The molecular formula is C9H14N2Si. The first kappa shape index (κ1) is 9.08. The summed E-state index contributed by atoms with van der Waals surface area (Å²) in [5, 5.41) is 5.59. The second kappa shape index (κ2) is 3.16. The molecule has 0 aliphatic heterocycles. The summed E-state index contributed by atoms with van der Waals surface area (Å²) in [5.41, 5.74) is 0. The topological polar surface area (TPSA) is 17.8 Å². The fourth-order valence-corrected chi connectivity index (χ4v) is 1.88. The van der Waals surface area contributed by atoms with E-state index in [1.165, 1.54) is 5.32 Å². The van der Waals surface area contributed by atoms with Crippen molar-refractivity contribution in [1.29, 1.82) is 0 Å². The third-order valence-electron chi connectivity index (χ3n) is 1.58. The van der Waals surface area contributed by atoms with Gasteiger partial charge in [0.05, 0.1) is 0 Å². The Bertz CT molecular complexity index is 322. The summed E-state index contributed by atoms with van der Waals surface area (Å²) in [7, 11) is -1.24. The highest BCUT2D eigenvalue weighted by Crippen LogP contribution is 1.98. The van der Waals surface area contributed by atoms with E-state index < -0.39 is 8.07 Å². The Hall–Kier alpha value is -1.01. The third kappa shape index (κ3) is 1.99. The molecule has 0 spiro atoms. The maximum atomic E-state index is 4.38. The van der Waals surface area contributed by atoms with Crippen molar-refractivity contribution in [3.8, 4) is 12.0 Å². The summed E-state index contributed by atoms with van der Waals surface area (Å²) in [5.74, 6) is 2.81. The zero-order valence-corrected chi connectivity index (χ0v) is 9.05. The average Bonchev–Trinajstić information content (AvgIpc) is 2.35. The zero-order chi connectivity index (χ0) is 9.19. The van der Waals surface area contributed by atoms with Gasteiger partial charge in [-0.1, -0.05) is 25.6 Å². The Labute approximate surface area is 74.6 Å². The molecule has 1 rings (SSSR count). The number of rotatable bonds is 1. The van der Waals surface area contributed by atoms with E-state index in [9.17, 15) is 0 Å². The molecule has 0 aliphatic rings. The van der Waals surface area contributed by atoms with Crippen molar-refractivity contribution < 1.29 is 0 Å². The van der Waals surface area contributed by atoms with E-state index in [0.29, 0.717) is 0 Å². The summed E-state index contributed by atoms with van der Waals surface area (Å²) < 4.78 is 1.69. The van der Waals surface area contributed by atoms with Gasteiger partial charge in [-0.15, -0.1) is 0 Å². The maximum absolute atomic E-state index is 4.38. The van der Waals surface area contributed by atoms with E-state index in [2.05, 4.69) is 42.8 Å². The second-order valence-corrected chi connectivity index (χ2v) is 8.77. The van der Waals surface area contributed by atoms with Gasteiger partial charge in [0.25, 0.3) is 0 Å². The van der Waals surface area contributed by atoms with Crippen molar-refractivity contribution in [2.24, 2.45) is 0 Å². The molecule has 1 aromatic heterocycles. The number of nitrogens with zero attached hydrogens (tertiary/aromatic N) is 2. The molecule has 3 heteroatoms. The van der Waals surface area contributed by atoms with Gasteiger partial charge in [0.2, 0.25) is 0 Å². The van der Waals surface area contributed by atoms with Crippen LogP contribution in [0.15, 0.2) is 12.3 Å². The predicted octanol–water partition coefficient (Wildman–Crippen LogP) is 1.26. The first-order chi connectivity index (χ1) is 5.54. The molecule has 0 aliphatic carbocycles. The molecule has 0 aromatic carbocycles. The van der Waals surface area contributed by atoms with Crippen LogP contribution in [0.25, 0.3) is 0 Å². The lowest BCUT2D eigenvalue weighted by Gasteiger charge is -2.10. The maximum Gasteiger partial charge on any atom is 0.104 e. The monoisotopic (exact) mass is 178 g/mol. The average molecular weight is 178 g/mol.